The second-order valence-electron chi connectivity index (χ2n) is 7.95. The van der Waals surface area contributed by atoms with E-state index in [4.69, 9.17) is 4.74 Å². The Balaban J connectivity index is 1.51. The molecule has 0 atom stereocenters. The number of thiazole rings is 1. The number of hydrogen-bond acceptors (Lipinski definition) is 6. The Kier molecular flexibility index (Phi) is 5.92. The monoisotopic (exact) mass is 510 g/mol. The summed E-state index contributed by atoms with van der Waals surface area (Å²) in [6.45, 7) is 2.13. The molecule has 0 saturated heterocycles. The van der Waals surface area contributed by atoms with E-state index >= 15 is 0 Å². The molecule has 0 fully saturated rings. The fraction of sp³-hybridized carbons (Fsp3) is 0.120. The molecule has 11 heteroatoms. The highest BCUT2D eigenvalue weighted by Crippen LogP contribution is 2.35. The number of ether oxygens (including phenoxy) is 1. The minimum atomic E-state index is -4.95. The molecular formula is C25H17F3N4O3S. The smallest absolute Gasteiger partial charge is 0.434 e. The Morgan fingerprint density at radius 3 is 2.75 bits per heavy atom. The zero-order chi connectivity index (χ0) is 25.4. The number of nitrogens with zero attached hydrogens (tertiary/aromatic N) is 4. The van der Waals surface area contributed by atoms with Crippen LogP contribution in [0.2, 0.25) is 0 Å². The van der Waals surface area contributed by atoms with Crippen molar-refractivity contribution in [3.05, 3.63) is 88.7 Å². The Morgan fingerprint density at radius 2 is 1.97 bits per heavy atom. The van der Waals surface area contributed by atoms with Crippen molar-refractivity contribution in [2.75, 3.05) is 0 Å². The maximum absolute atomic E-state index is 13.7. The first-order chi connectivity index (χ1) is 17.2. The van der Waals surface area contributed by atoms with Crippen LogP contribution in [0.25, 0.3) is 27.3 Å². The molecule has 5 rings (SSSR count). The van der Waals surface area contributed by atoms with E-state index in [1.54, 1.807) is 29.0 Å². The number of carbonyl (C=O) groups is 1. The summed E-state index contributed by atoms with van der Waals surface area (Å²) in [6, 6.07) is 15.8. The van der Waals surface area contributed by atoms with Gasteiger partial charge in [0.25, 0.3) is 0 Å². The predicted octanol–water partition coefficient (Wildman–Crippen LogP) is 6.15. The van der Waals surface area contributed by atoms with Crippen molar-refractivity contribution in [2.45, 2.75) is 19.7 Å². The lowest BCUT2D eigenvalue weighted by Crippen LogP contribution is -2.18. The summed E-state index contributed by atoms with van der Waals surface area (Å²) in [5.41, 5.74) is 3.03. The van der Waals surface area contributed by atoms with Gasteiger partial charge in [-0.15, -0.1) is 11.3 Å². The highest BCUT2D eigenvalue weighted by Gasteiger charge is 2.41. The lowest BCUT2D eigenvalue weighted by molar-refractivity contribution is -0.143. The molecule has 0 aliphatic carbocycles. The number of aromatic nitrogens is 4. The molecule has 0 unspecified atom stereocenters. The van der Waals surface area contributed by atoms with Gasteiger partial charge in [0.05, 0.1) is 27.6 Å². The molecule has 0 bridgehead atoms. The fourth-order valence-electron chi connectivity index (χ4n) is 3.77. The Hall–Kier alpha value is -4.25. The third-order valence-electron chi connectivity index (χ3n) is 5.42. The molecule has 0 saturated carbocycles. The number of rotatable bonds is 6. The van der Waals surface area contributed by atoms with E-state index in [1.807, 2.05) is 37.3 Å². The summed E-state index contributed by atoms with van der Waals surface area (Å²) in [5, 5.41) is 12.9. The van der Waals surface area contributed by atoms with Crippen molar-refractivity contribution in [3.8, 4) is 22.8 Å². The topological polar surface area (TPSA) is 90.1 Å². The van der Waals surface area contributed by atoms with E-state index in [1.165, 1.54) is 12.1 Å². The van der Waals surface area contributed by atoms with Gasteiger partial charge in [0.1, 0.15) is 17.9 Å². The first-order valence-corrected chi connectivity index (χ1v) is 11.5. The number of benzene rings is 2. The van der Waals surface area contributed by atoms with E-state index in [-0.39, 0.29) is 12.4 Å². The van der Waals surface area contributed by atoms with E-state index in [2.05, 4.69) is 15.1 Å². The van der Waals surface area contributed by atoms with Crippen LogP contribution >= 0.6 is 11.3 Å². The Bertz CT molecular complexity index is 1590. The average Bonchev–Trinajstić information content (AvgIpc) is 3.50. The molecule has 3 aromatic heterocycles. The number of carboxylic acids is 1. The van der Waals surface area contributed by atoms with Gasteiger partial charge in [0.2, 0.25) is 0 Å². The number of alkyl halides is 3. The average molecular weight is 510 g/mol. The van der Waals surface area contributed by atoms with Gasteiger partial charge < -0.3 is 9.84 Å². The highest BCUT2D eigenvalue weighted by atomic mass is 32.1. The predicted molar refractivity (Wildman–Crippen MR) is 127 cm³/mol. The van der Waals surface area contributed by atoms with Crippen molar-refractivity contribution in [3.63, 3.8) is 0 Å². The number of aromatic carboxylic acids is 1. The minimum absolute atomic E-state index is 0.172. The van der Waals surface area contributed by atoms with Crippen LogP contribution in [0.3, 0.4) is 0 Å². The second kappa shape index (κ2) is 9.08. The molecule has 0 aliphatic rings. The summed E-state index contributed by atoms with van der Waals surface area (Å²) in [5.74, 6) is -1.41. The van der Waals surface area contributed by atoms with Crippen LogP contribution in [0.15, 0.2) is 66.3 Å². The molecule has 7 nitrogen and oxygen atoms in total. The van der Waals surface area contributed by atoms with Crippen LogP contribution < -0.4 is 4.74 Å². The van der Waals surface area contributed by atoms with Gasteiger partial charge in [-0.3, -0.25) is 0 Å². The number of fused-ring (bicyclic) bond motifs is 1. The van der Waals surface area contributed by atoms with Gasteiger partial charge in [0.15, 0.2) is 11.5 Å². The highest BCUT2D eigenvalue weighted by molar-refractivity contribution is 7.16. The zero-order valence-corrected chi connectivity index (χ0v) is 19.5. The minimum Gasteiger partial charge on any atom is -0.488 e. The first kappa shape index (κ1) is 23.5. The number of pyridine rings is 1. The molecule has 5 aromatic rings. The van der Waals surface area contributed by atoms with Crippen LogP contribution in [0.4, 0.5) is 13.2 Å². The summed E-state index contributed by atoms with van der Waals surface area (Å²) < 4.78 is 48.7. The molecule has 1 N–H and O–H groups in total. The van der Waals surface area contributed by atoms with Crippen LogP contribution in [0.5, 0.6) is 5.75 Å². The summed E-state index contributed by atoms with van der Waals surface area (Å²) in [6.07, 6.45) is -4.28. The molecule has 0 aliphatic heterocycles. The maximum atomic E-state index is 13.7. The number of carboxylic acid groups (broad SMARTS) is 1. The second-order valence-corrected chi connectivity index (χ2v) is 8.83. The molecular weight excluding hydrogens is 493 g/mol. The number of halogens is 3. The van der Waals surface area contributed by atoms with E-state index in [0.29, 0.717) is 27.9 Å². The van der Waals surface area contributed by atoms with Gasteiger partial charge in [-0.25, -0.2) is 19.4 Å². The summed E-state index contributed by atoms with van der Waals surface area (Å²) in [4.78, 5) is 20.0. The van der Waals surface area contributed by atoms with Crippen LogP contribution in [-0.4, -0.2) is 30.8 Å². The lowest BCUT2D eigenvalue weighted by Gasteiger charge is -2.14. The Morgan fingerprint density at radius 1 is 1.14 bits per heavy atom. The molecule has 0 radical (unpaired) electrons. The van der Waals surface area contributed by atoms with Crippen molar-refractivity contribution >= 4 is 27.5 Å². The molecule has 182 valence electrons. The van der Waals surface area contributed by atoms with E-state index in [0.717, 1.165) is 21.3 Å². The van der Waals surface area contributed by atoms with Crippen molar-refractivity contribution in [1.82, 2.24) is 19.7 Å². The lowest BCUT2D eigenvalue weighted by atomic mass is 10.1. The van der Waals surface area contributed by atoms with E-state index < -0.39 is 23.4 Å². The molecule has 2 aromatic carbocycles. The van der Waals surface area contributed by atoms with Gasteiger partial charge in [-0.05, 0) is 48.9 Å². The molecule has 0 amide bonds. The SMILES string of the molecule is Cc1ccc(OCc2ccc3scnc3c2)c(-c2cccc(-n3ncc(C(=O)O)c3C(F)(F)F)n2)c1. The van der Waals surface area contributed by atoms with Crippen molar-refractivity contribution < 1.29 is 27.8 Å². The first-order valence-electron chi connectivity index (χ1n) is 10.6. The van der Waals surface area contributed by atoms with Gasteiger partial charge >= 0.3 is 12.1 Å². The standard InChI is InChI=1S/C25H17F3N4O3S/c1-14-5-7-20(35-12-15-6-8-21-19(10-15)29-13-36-21)16(9-14)18-3-2-4-22(31-18)32-23(25(26,27)28)17(11-30-32)24(33)34/h2-11,13H,12H2,1H3,(H,33,34). The van der Waals surface area contributed by atoms with Gasteiger partial charge in [-0.2, -0.15) is 18.3 Å². The van der Waals surface area contributed by atoms with Crippen molar-refractivity contribution in [2.24, 2.45) is 0 Å². The normalized spacial score (nSPS) is 11.7. The van der Waals surface area contributed by atoms with Crippen LogP contribution in [0.1, 0.15) is 27.2 Å². The maximum Gasteiger partial charge on any atom is 0.434 e. The number of aryl methyl sites for hydroxylation is 1. The Labute approximate surface area is 206 Å². The summed E-state index contributed by atoms with van der Waals surface area (Å²) >= 11 is 1.55. The van der Waals surface area contributed by atoms with Crippen LogP contribution in [0, 0.1) is 6.92 Å². The quantitative estimate of drug-likeness (QED) is 0.295. The zero-order valence-electron chi connectivity index (χ0n) is 18.7. The molecule has 3 heterocycles. The van der Waals surface area contributed by atoms with Gasteiger partial charge in [0, 0.05) is 5.56 Å². The molecule has 0 spiro atoms. The van der Waals surface area contributed by atoms with Crippen LogP contribution in [-0.2, 0) is 12.8 Å². The third-order valence-corrected chi connectivity index (χ3v) is 6.23. The number of hydrogen-bond donors (Lipinski definition) is 1. The molecule has 36 heavy (non-hydrogen) atoms. The largest absolute Gasteiger partial charge is 0.488 e. The summed E-state index contributed by atoms with van der Waals surface area (Å²) in [7, 11) is 0. The van der Waals surface area contributed by atoms with Crippen molar-refractivity contribution in [1.29, 1.82) is 0 Å². The third kappa shape index (κ3) is 4.52. The van der Waals surface area contributed by atoms with E-state index in [9.17, 15) is 23.1 Å². The van der Waals surface area contributed by atoms with Gasteiger partial charge in [-0.1, -0.05) is 23.8 Å². The fourth-order valence-corrected chi connectivity index (χ4v) is 4.43.